The molecule has 0 aromatic heterocycles. The molecule has 0 saturated carbocycles. The van der Waals surface area contributed by atoms with Gasteiger partial charge in [-0.3, -0.25) is 9.59 Å². The van der Waals surface area contributed by atoms with Crippen LogP contribution in [0.4, 0.5) is 5.69 Å². The number of rotatable bonds is 2. The molecule has 0 bridgehead atoms. The summed E-state index contributed by atoms with van der Waals surface area (Å²) in [5, 5.41) is 9.09. The van der Waals surface area contributed by atoms with Crippen LogP contribution >= 0.6 is 0 Å². The number of fused-ring (bicyclic) bond motifs is 1. The number of anilines is 1. The van der Waals surface area contributed by atoms with Gasteiger partial charge in [0, 0.05) is 17.3 Å². The lowest BCUT2D eigenvalue weighted by atomic mass is 10.0. The van der Waals surface area contributed by atoms with E-state index in [1.165, 1.54) is 0 Å². The summed E-state index contributed by atoms with van der Waals surface area (Å²) >= 11 is 0. The van der Waals surface area contributed by atoms with E-state index >= 15 is 0 Å². The molecule has 0 aliphatic carbocycles. The second-order valence-electron chi connectivity index (χ2n) is 5.09. The summed E-state index contributed by atoms with van der Waals surface area (Å²) in [5.41, 5.74) is 2.36. The van der Waals surface area contributed by atoms with Gasteiger partial charge >= 0.3 is 0 Å². The summed E-state index contributed by atoms with van der Waals surface area (Å²) in [6, 6.07) is 5.63. The maximum atomic E-state index is 12.2. The van der Waals surface area contributed by atoms with Crippen LogP contribution in [0.5, 0.6) is 0 Å². The molecular weight excluding hydrogens is 242 g/mol. The normalized spacial score (nSPS) is 18.8. The fraction of sp³-hybridized carbons (Fsp3) is 0.429. The molecule has 3 N–H and O–H groups in total. The van der Waals surface area contributed by atoms with Crippen LogP contribution in [-0.2, 0) is 11.2 Å². The second-order valence-corrected chi connectivity index (χ2v) is 5.09. The van der Waals surface area contributed by atoms with Crippen molar-refractivity contribution in [3.63, 3.8) is 0 Å². The van der Waals surface area contributed by atoms with Crippen molar-refractivity contribution in [2.45, 2.75) is 25.3 Å². The summed E-state index contributed by atoms with van der Waals surface area (Å²) in [6.07, 6.45) is 2.30. The van der Waals surface area contributed by atoms with Gasteiger partial charge in [-0.05, 0) is 49.7 Å². The molecule has 2 amide bonds. The van der Waals surface area contributed by atoms with Gasteiger partial charge in [0.2, 0.25) is 5.91 Å². The molecule has 100 valence electrons. The summed E-state index contributed by atoms with van der Waals surface area (Å²) in [6.45, 7) is 1.90. The molecule has 0 spiro atoms. The Balaban J connectivity index is 1.70. The van der Waals surface area contributed by atoms with Gasteiger partial charge in [-0.1, -0.05) is 0 Å². The smallest absolute Gasteiger partial charge is 0.251 e. The molecule has 2 heterocycles. The van der Waals surface area contributed by atoms with E-state index in [4.69, 9.17) is 0 Å². The molecule has 0 radical (unpaired) electrons. The molecule has 1 aromatic carbocycles. The molecule has 5 nitrogen and oxygen atoms in total. The van der Waals surface area contributed by atoms with E-state index in [1.54, 1.807) is 12.1 Å². The van der Waals surface area contributed by atoms with Crippen molar-refractivity contribution in [3.05, 3.63) is 29.3 Å². The van der Waals surface area contributed by atoms with E-state index in [-0.39, 0.29) is 17.9 Å². The highest BCUT2D eigenvalue weighted by Gasteiger charge is 2.20. The highest BCUT2D eigenvalue weighted by atomic mass is 16.2. The van der Waals surface area contributed by atoms with Crippen molar-refractivity contribution in [3.8, 4) is 0 Å². The van der Waals surface area contributed by atoms with Crippen LogP contribution in [0.3, 0.4) is 0 Å². The van der Waals surface area contributed by atoms with Gasteiger partial charge in [-0.25, -0.2) is 0 Å². The van der Waals surface area contributed by atoms with E-state index in [9.17, 15) is 9.59 Å². The molecule has 0 unspecified atom stereocenters. The summed E-state index contributed by atoms with van der Waals surface area (Å²) < 4.78 is 0. The van der Waals surface area contributed by atoms with Gasteiger partial charge in [0.1, 0.15) is 0 Å². The Bertz CT molecular complexity index is 521. The molecule has 1 aromatic rings. The van der Waals surface area contributed by atoms with Crippen molar-refractivity contribution >= 4 is 17.5 Å². The van der Waals surface area contributed by atoms with Gasteiger partial charge < -0.3 is 16.0 Å². The number of benzene rings is 1. The molecule has 19 heavy (non-hydrogen) atoms. The first-order valence-corrected chi connectivity index (χ1v) is 6.67. The van der Waals surface area contributed by atoms with Crippen molar-refractivity contribution in [1.29, 1.82) is 0 Å². The SMILES string of the molecule is O=C1Cc2cc(C(=O)NC3CCNCC3)ccc2N1. The zero-order valence-electron chi connectivity index (χ0n) is 10.7. The molecule has 5 heteroatoms. The molecule has 1 saturated heterocycles. The molecule has 2 aliphatic rings. The third-order valence-electron chi connectivity index (χ3n) is 3.67. The second kappa shape index (κ2) is 5.01. The third-order valence-corrected chi connectivity index (χ3v) is 3.67. The number of hydrogen-bond acceptors (Lipinski definition) is 3. The Labute approximate surface area is 111 Å². The van der Waals surface area contributed by atoms with Crippen LogP contribution in [0.1, 0.15) is 28.8 Å². The Hall–Kier alpha value is -1.88. The first kappa shape index (κ1) is 12.2. The van der Waals surface area contributed by atoms with E-state index < -0.39 is 0 Å². The van der Waals surface area contributed by atoms with Crippen molar-refractivity contribution in [2.75, 3.05) is 18.4 Å². The Morgan fingerprint density at radius 2 is 2.05 bits per heavy atom. The Morgan fingerprint density at radius 3 is 2.84 bits per heavy atom. The molecule has 3 rings (SSSR count). The van der Waals surface area contributed by atoms with E-state index in [1.807, 2.05) is 6.07 Å². The Morgan fingerprint density at radius 1 is 1.26 bits per heavy atom. The number of hydrogen-bond donors (Lipinski definition) is 3. The number of carbonyl (C=O) groups excluding carboxylic acids is 2. The maximum Gasteiger partial charge on any atom is 0.251 e. The van der Waals surface area contributed by atoms with Crippen molar-refractivity contribution in [1.82, 2.24) is 10.6 Å². The highest BCUT2D eigenvalue weighted by Crippen LogP contribution is 2.23. The van der Waals surface area contributed by atoms with E-state index in [2.05, 4.69) is 16.0 Å². The van der Waals surface area contributed by atoms with Gasteiger partial charge in [0.25, 0.3) is 5.91 Å². The van der Waals surface area contributed by atoms with Gasteiger partial charge in [0.15, 0.2) is 0 Å². The minimum Gasteiger partial charge on any atom is -0.349 e. The standard InChI is InChI=1S/C14H17N3O2/c18-13-8-10-7-9(1-2-12(10)17-13)14(19)16-11-3-5-15-6-4-11/h1-2,7,11,15H,3-6,8H2,(H,16,19)(H,17,18). The van der Waals surface area contributed by atoms with Crippen LogP contribution in [0.25, 0.3) is 0 Å². The van der Waals surface area contributed by atoms with Crippen LogP contribution < -0.4 is 16.0 Å². The number of carbonyl (C=O) groups is 2. The summed E-state index contributed by atoms with van der Waals surface area (Å²) in [7, 11) is 0. The quantitative estimate of drug-likeness (QED) is 0.731. The number of nitrogens with one attached hydrogen (secondary N) is 3. The lowest BCUT2D eigenvalue weighted by molar-refractivity contribution is -0.115. The van der Waals surface area contributed by atoms with Crippen molar-refractivity contribution in [2.24, 2.45) is 0 Å². The molecule has 2 aliphatic heterocycles. The van der Waals surface area contributed by atoms with E-state index in [0.717, 1.165) is 37.2 Å². The zero-order valence-corrected chi connectivity index (χ0v) is 10.7. The largest absolute Gasteiger partial charge is 0.349 e. The monoisotopic (exact) mass is 259 g/mol. The summed E-state index contributed by atoms with van der Waals surface area (Å²) in [4.78, 5) is 23.4. The first-order valence-electron chi connectivity index (χ1n) is 6.67. The van der Waals surface area contributed by atoms with Crippen LogP contribution in [-0.4, -0.2) is 30.9 Å². The predicted octanol–water partition coefficient (Wildman–Crippen LogP) is 0.663. The average Bonchev–Trinajstić information content (AvgIpc) is 2.78. The zero-order chi connectivity index (χ0) is 13.2. The average molecular weight is 259 g/mol. The lowest BCUT2D eigenvalue weighted by Crippen LogP contribution is -2.42. The van der Waals surface area contributed by atoms with Gasteiger partial charge in [-0.15, -0.1) is 0 Å². The maximum absolute atomic E-state index is 12.2. The lowest BCUT2D eigenvalue weighted by Gasteiger charge is -2.23. The summed E-state index contributed by atoms with van der Waals surface area (Å²) in [5.74, 6) is -0.0556. The van der Waals surface area contributed by atoms with E-state index in [0.29, 0.717) is 12.0 Å². The predicted molar refractivity (Wildman–Crippen MR) is 72.1 cm³/mol. The fourth-order valence-corrected chi connectivity index (χ4v) is 2.61. The first-order chi connectivity index (χ1) is 9.22. The number of piperidine rings is 1. The minimum absolute atomic E-state index is 0.00841. The Kier molecular flexibility index (Phi) is 3.21. The molecular formula is C14H17N3O2. The van der Waals surface area contributed by atoms with Crippen molar-refractivity contribution < 1.29 is 9.59 Å². The highest BCUT2D eigenvalue weighted by molar-refractivity contribution is 6.01. The minimum atomic E-state index is -0.0472. The fourth-order valence-electron chi connectivity index (χ4n) is 2.61. The van der Waals surface area contributed by atoms with Crippen LogP contribution in [0, 0.1) is 0 Å². The molecule has 1 fully saturated rings. The molecule has 0 atom stereocenters. The number of amides is 2. The topological polar surface area (TPSA) is 70.2 Å². The van der Waals surface area contributed by atoms with Crippen LogP contribution in [0.2, 0.25) is 0 Å². The third kappa shape index (κ3) is 2.61. The van der Waals surface area contributed by atoms with Crippen LogP contribution in [0.15, 0.2) is 18.2 Å². The van der Waals surface area contributed by atoms with Gasteiger partial charge in [-0.2, -0.15) is 0 Å². The van der Waals surface area contributed by atoms with Gasteiger partial charge in [0.05, 0.1) is 6.42 Å².